The van der Waals surface area contributed by atoms with Crippen molar-refractivity contribution in [3.8, 4) is 0 Å². The van der Waals surface area contributed by atoms with Crippen LogP contribution in [0, 0.1) is 5.92 Å². The number of carboxylic acid groups (broad SMARTS) is 2. The maximum atomic E-state index is 12.8. The summed E-state index contributed by atoms with van der Waals surface area (Å²) in [6.07, 6.45) is 1.44. The lowest BCUT2D eigenvalue weighted by molar-refractivity contribution is -0.147. The van der Waals surface area contributed by atoms with Crippen LogP contribution in [-0.2, 0) is 30.4 Å². The van der Waals surface area contributed by atoms with Gasteiger partial charge in [0.15, 0.2) is 0 Å². The van der Waals surface area contributed by atoms with Crippen molar-refractivity contribution < 1.29 is 39.3 Å². The summed E-state index contributed by atoms with van der Waals surface area (Å²) >= 11 is 0. The maximum absolute atomic E-state index is 12.8. The van der Waals surface area contributed by atoms with Gasteiger partial charge in [0.2, 0.25) is 17.7 Å². The fourth-order valence-electron chi connectivity index (χ4n) is 3.69. The highest BCUT2D eigenvalue weighted by molar-refractivity contribution is 5.95. The molecule has 202 valence electrons. The summed E-state index contributed by atoms with van der Waals surface area (Å²) in [4.78, 5) is 63.6. The second kappa shape index (κ2) is 13.4. The molecule has 5 unspecified atom stereocenters. The summed E-state index contributed by atoms with van der Waals surface area (Å²) in [7, 11) is 0. The fourth-order valence-corrected chi connectivity index (χ4v) is 3.69. The maximum Gasteiger partial charge on any atom is 0.326 e. The molecule has 1 aromatic carbocycles. The molecule has 0 radical (unpaired) electrons. The van der Waals surface area contributed by atoms with Gasteiger partial charge in [0.25, 0.3) is 0 Å². The number of fused-ring (bicyclic) bond motifs is 1. The van der Waals surface area contributed by atoms with Gasteiger partial charge in [0.05, 0.1) is 19.1 Å². The number of carboxylic acids is 2. The van der Waals surface area contributed by atoms with E-state index >= 15 is 0 Å². The van der Waals surface area contributed by atoms with Crippen molar-refractivity contribution in [3.63, 3.8) is 0 Å². The number of hydrogen-bond donors (Lipinski definition) is 8. The highest BCUT2D eigenvalue weighted by Gasteiger charge is 2.33. The molecular formula is C24H33N5O8. The van der Waals surface area contributed by atoms with Crippen molar-refractivity contribution in [3.05, 3.63) is 36.0 Å². The fraction of sp³-hybridized carbons (Fsp3) is 0.458. The van der Waals surface area contributed by atoms with Crippen LogP contribution in [0.4, 0.5) is 0 Å². The number of carbonyl (C=O) groups is 5. The van der Waals surface area contributed by atoms with Crippen molar-refractivity contribution in [2.24, 2.45) is 11.7 Å². The molecular weight excluding hydrogens is 486 g/mol. The molecule has 2 aromatic rings. The van der Waals surface area contributed by atoms with E-state index in [0.717, 1.165) is 16.5 Å². The SMILES string of the molecule is CCC(C)C(NC(=O)C(CO)NC(=O)C(N)Cc1c[nH]c2ccccc12)C(=O)NC(CC(=O)O)C(=O)O. The van der Waals surface area contributed by atoms with Gasteiger partial charge in [-0.15, -0.1) is 0 Å². The Morgan fingerprint density at radius 2 is 1.62 bits per heavy atom. The molecule has 3 amide bonds. The van der Waals surface area contributed by atoms with Gasteiger partial charge < -0.3 is 42.0 Å². The van der Waals surface area contributed by atoms with E-state index in [9.17, 15) is 34.2 Å². The first-order valence-corrected chi connectivity index (χ1v) is 11.8. The number of H-pyrrole nitrogens is 1. The summed E-state index contributed by atoms with van der Waals surface area (Å²) in [5.41, 5.74) is 7.71. The Hall–Kier alpha value is -3.97. The third-order valence-electron chi connectivity index (χ3n) is 6.05. The molecule has 1 heterocycles. The molecule has 13 heteroatoms. The molecule has 0 aliphatic carbocycles. The summed E-state index contributed by atoms with van der Waals surface area (Å²) < 4.78 is 0. The van der Waals surface area contributed by atoms with E-state index in [1.165, 1.54) is 0 Å². The molecule has 0 spiro atoms. The second-order valence-electron chi connectivity index (χ2n) is 8.78. The van der Waals surface area contributed by atoms with Crippen LogP contribution in [0.2, 0.25) is 0 Å². The summed E-state index contributed by atoms with van der Waals surface area (Å²) in [6, 6.07) is 2.03. The third-order valence-corrected chi connectivity index (χ3v) is 6.05. The highest BCUT2D eigenvalue weighted by atomic mass is 16.4. The average molecular weight is 520 g/mol. The van der Waals surface area contributed by atoms with Crippen molar-refractivity contribution in [2.45, 2.75) is 57.3 Å². The summed E-state index contributed by atoms with van der Waals surface area (Å²) in [5, 5.41) is 35.6. The van der Waals surface area contributed by atoms with Crippen molar-refractivity contribution in [1.82, 2.24) is 20.9 Å². The van der Waals surface area contributed by atoms with Crippen molar-refractivity contribution in [2.75, 3.05) is 6.61 Å². The zero-order valence-corrected chi connectivity index (χ0v) is 20.6. The van der Waals surface area contributed by atoms with Gasteiger partial charge in [-0.1, -0.05) is 38.5 Å². The molecule has 9 N–H and O–H groups in total. The number of aromatic nitrogens is 1. The van der Waals surface area contributed by atoms with Crippen molar-refractivity contribution >= 4 is 40.6 Å². The topological polar surface area (TPSA) is 224 Å². The number of benzene rings is 1. The van der Waals surface area contributed by atoms with Gasteiger partial charge in [-0.05, 0) is 24.0 Å². The van der Waals surface area contributed by atoms with Crippen LogP contribution in [0.3, 0.4) is 0 Å². The van der Waals surface area contributed by atoms with Crippen LogP contribution in [-0.4, -0.2) is 80.7 Å². The molecule has 0 aliphatic heterocycles. The first-order valence-electron chi connectivity index (χ1n) is 11.8. The largest absolute Gasteiger partial charge is 0.481 e. The molecule has 0 saturated carbocycles. The Labute approximate surface area is 212 Å². The predicted molar refractivity (Wildman–Crippen MR) is 132 cm³/mol. The van der Waals surface area contributed by atoms with Crippen LogP contribution in [0.25, 0.3) is 10.9 Å². The number of aliphatic carboxylic acids is 2. The normalized spacial score (nSPS) is 15.1. The first kappa shape index (κ1) is 29.3. The predicted octanol–water partition coefficient (Wildman–Crippen LogP) is -0.910. The monoisotopic (exact) mass is 519 g/mol. The van der Waals surface area contributed by atoms with E-state index in [0.29, 0.717) is 6.42 Å². The van der Waals surface area contributed by atoms with Crippen molar-refractivity contribution in [1.29, 1.82) is 0 Å². The summed E-state index contributed by atoms with van der Waals surface area (Å²) in [5.74, 6) is -5.95. The number of nitrogens with two attached hydrogens (primary N) is 1. The number of amides is 3. The molecule has 13 nitrogen and oxygen atoms in total. The molecule has 2 rings (SSSR count). The van der Waals surface area contributed by atoms with Crippen LogP contribution in [0.5, 0.6) is 0 Å². The summed E-state index contributed by atoms with van der Waals surface area (Å²) in [6.45, 7) is 2.57. The van der Waals surface area contributed by atoms with Gasteiger partial charge in [-0.2, -0.15) is 0 Å². The van der Waals surface area contributed by atoms with Gasteiger partial charge in [0.1, 0.15) is 18.1 Å². The van der Waals surface area contributed by atoms with E-state index in [2.05, 4.69) is 20.9 Å². The Morgan fingerprint density at radius 1 is 0.973 bits per heavy atom. The minimum atomic E-state index is -1.70. The minimum Gasteiger partial charge on any atom is -0.481 e. The zero-order valence-electron chi connectivity index (χ0n) is 20.6. The Bertz CT molecular complexity index is 1130. The second-order valence-corrected chi connectivity index (χ2v) is 8.78. The number of carbonyl (C=O) groups excluding carboxylic acids is 3. The lowest BCUT2D eigenvalue weighted by Gasteiger charge is -2.27. The number of hydrogen-bond acceptors (Lipinski definition) is 7. The van der Waals surface area contributed by atoms with Gasteiger partial charge >= 0.3 is 11.9 Å². The molecule has 37 heavy (non-hydrogen) atoms. The van der Waals surface area contributed by atoms with Crippen LogP contribution in [0.15, 0.2) is 30.5 Å². The third kappa shape index (κ3) is 8.02. The van der Waals surface area contributed by atoms with Crippen LogP contribution in [0.1, 0.15) is 32.3 Å². The first-order chi connectivity index (χ1) is 17.5. The Kier molecular flexibility index (Phi) is 10.6. The highest BCUT2D eigenvalue weighted by Crippen LogP contribution is 2.18. The number of aromatic amines is 1. The average Bonchev–Trinajstić information content (AvgIpc) is 3.26. The van der Waals surface area contributed by atoms with Crippen LogP contribution < -0.4 is 21.7 Å². The van der Waals surface area contributed by atoms with E-state index in [1.54, 1.807) is 20.0 Å². The van der Waals surface area contributed by atoms with Gasteiger partial charge in [0, 0.05) is 17.1 Å². The van der Waals surface area contributed by atoms with Gasteiger partial charge in [-0.3, -0.25) is 19.2 Å². The molecule has 5 atom stereocenters. The number of nitrogens with one attached hydrogen (secondary N) is 4. The number of rotatable bonds is 14. The lowest BCUT2D eigenvalue weighted by Crippen LogP contribution is -2.59. The van der Waals surface area contributed by atoms with E-state index in [4.69, 9.17) is 10.8 Å². The Balaban J connectivity index is 2.06. The molecule has 0 bridgehead atoms. The number of aliphatic hydroxyl groups is 1. The van der Waals surface area contributed by atoms with E-state index in [1.807, 2.05) is 24.3 Å². The lowest BCUT2D eigenvalue weighted by atomic mass is 9.97. The van der Waals surface area contributed by atoms with Gasteiger partial charge in [-0.25, -0.2) is 4.79 Å². The molecule has 0 aliphatic rings. The molecule has 0 fully saturated rings. The van der Waals surface area contributed by atoms with E-state index in [-0.39, 0.29) is 6.42 Å². The number of para-hydroxylation sites is 1. The van der Waals surface area contributed by atoms with Crippen LogP contribution >= 0.6 is 0 Å². The minimum absolute atomic E-state index is 0.160. The molecule has 1 aromatic heterocycles. The Morgan fingerprint density at radius 3 is 2.22 bits per heavy atom. The molecule has 0 saturated heterocycles. The van der Waals surface area contributed by atoms with E-state index < -0.39 is 72.8 Å². The number of aliphatic hydroxyl groups excluding tert-OH is 1. The standard InChI is InChI=1S/C24H33N5O8/c1-3-12(2)20(23(35)27-17(24(36)37)9-19(31)32)29-22(34)18(11-30)28-21(33)15(25)8-13-10-26-16-7-5-4-6-14(13)16/h4-7,10,12,15,17-18,20,26,30H,3,8-9,11,25H2,1-2H3,(H,27,35)(H,28,33)(H,29,34)(H,31,32)(H,36,37). The smallest absolute Gasteiger partial charge is 0.326 e. The quantitative estimate of drug-likeness (QED) is 0.154. The zero-order chi connectivity index (χ0) is 27.7.